The molecule has 0 atom stereocenters. The standard InChI is InChI=1S/C21H22BrN3O2/c1-5-27-16-8-6-7-14(11-16)13-23-25-19(26)17-12-15(22)9-10-18(17)24-20(25)21(2,3)4/h6-13H,5H2,1-4H3. The number of nitrogens with zero attached hydrogens (tertiary/aromatic N) is 3. The molecule has 0 fully saturated rings. The lowest BCUT2D eigenvalue weighted by molar-refractivity contribution is 0.340. The van der Waals surface area contributed by atoms with Crippen molar-refractivity contribution in [3.8, 4) is 5.75 Å². The molecular weight excluding hydrogens is 406 g/mol. The highest BCUT2D eigenvalue weighted by Gasteiger charge is 2.22. The van der Waals surface area contributed by atoms with Crippen LogP contribution in [0.2, 0.25) is 0 Å². The normalized spacial score (nSPS) is 12.0. The van der Waals surface area contributed by atoms with E-state index < -0.39 is 0 Å². The second-order valence-electron chi connectivity index (χ2n) is 7.21. The Hall–Kier alpha value is -2.47. The predicted molar refractivity (Wildman–Crippen MR) is 113 cm³/mol. The van der Waals surface area contributed by atoms with E-state index in [1.54, 1.807) is 12.3 Å². The Morgan fingerprint density at radius 2 is 2.00 bits per heavy atom. The SMILES string of the molecule is CCOc1cccc(C=Nn2c(C(C)(C)C)nc3ccc(Br)cc3c2=O)c1. The molecule has 27 heavy (non-hydrogen) atoms. The molecule has 1 heterocycles. The molecule has 3 aromatic rings. The molecule has 0 aliphatic rings. The number of halogens is 1. The number of aromatic nitrogens is 2. The minimum Gasteiger partial charge on any atom is -0.494 e. The van der Waals surface area contributed by atoms with Crippen LogP contribution in [0.25, 0.3) is 10.9 Å². The molecule has 0 aliphatic carbocycles. The maximum absolute atomic E-state index is 13.1. The van der Waals surface area contributed by atoms with Crippen molar-refractivity contribution in [2.45, 2.75) is 33.1 Å². The van der Waals surface area contributed by atoms with Crippen LogP contribution in [0.4, 0.5) is 0 Å². The molecule has 0 spiro atoms. The van der Waals surface area contributed by atoms with E-state index in [0.717, 1.165) is 15.8 Å². The molecule has 0 aliphatic heterocycles. The second kappa shape index (κ2) is 7.64. The first-order chi connectivity index (χ1) is 12.8. The van der Waals surface area contributed by atoms with Crippen molar-refractivity contribution in [1.29, 1.82) is 0 Å². The van der Waals surface area contributed by atoms with Gasteiger partial charge in [0.1, 0.15) is 11.6 Å². The van der Waals surface area contributed by atoms with Gasteiger partial charge in [-0.2, -0.15) is 9.78 Å². The number of hydrogen-bond acceptors (Lipinski definition) is 4. The monoisotopic (exact) mass is 427 g/mol. The second-order valence-corrected chi connectivity index (χ2v) is 8.13. The Labute approximate surface area is 166 Å². The first kappa shape index (κ1) is 19.3. The lowest BCUT2D eigenvalue weighted by Gasteiger charge is -2.20. The maximum atomic E-state index is 13.1. The van der Waals surface area contributed by atoms with E-state index in [2.05, 4.69) is 21.0 Å². The molecule has 0 N–H and O–H groups in total. The predicted octanol–water partition coefficient (Wildman–Crippen LogP) is 4.74. The van der Waals surface area contributed by atoms with Gasteiger partial charge in [-0.05, 0) is 42.8 Å². The molecular formula is C21H22BrN3O2. The van der Waals surface area contributed by atoms with Gasteiger partial charge in [0, 0.05) is 9.89 Å². The summed E-state index contributed by atoms with van der Waals surface area (Å²) in [6.45, 7) is 8.58. The molecule has 0 unspecified atom stereocenters. The third kappa shape index (κ3) is 4.27. The van der Waals surface area contributed by atoms with Crippen LogP contribution in [0.15, 0.2) is 56.8 Å². The average Bonchev–Trinajstić information content (AvgIpc) is 2.61. The summed E-state index contributed by atoms with van der Waals surface area (Å²) in [7, 11) is 0. The summed E-state index contributed by atoms with van der Waals surface area (Å²) in [4.78, 5) is 17.8. The van der Waals surface area contributed by atoms with E-state index in [0.29, 0.717) is 23.3 Å². The van der Waals surface area contributed by atoms with Crippen molar-refractivity contribution in [1.82, 2.24) is 9.66 Å². The van der Waals surface area contributed by atoms with Crippen molar-refractivity contribution in [2.24, 2.45) is 5.10 Å². The van der Waals surface area contributed by atoms with Crippen molar-refractivity contribution >= 4 is 33.0 Å². The highest BCUT2D eigenvalue weighted by molar-refractivity contribution is 9.10. The number of hydrogen-bond donors (Lipinski definition) is 0. The summed E-state index contributed by atoms with van der Waals surface area (Å²) < 4.78 is 7.75. The van der Waals surface area contributed by atoms with E-state index in [-0.39, 0.29) is 11.0 Å². The highest BCUT2D eigenvalue weighted by Crippen LogP contribution is 2.23. The lowest BCUT2D eigenvalue weighted by Crippen LogP contribution is -2.29. The van der Waals surface area contributed by atoms with E-state index in [1.807, 2.05) is 64.1 Å². The Kier molecular flexibility index (Phi) is 5.46. The zero-order chi connectivity index (χ0) is 19.6. The molecule has 1 aromatic heterocycles. The molecule has 3 rings (SSSR count). The van der Waals surface area contributed by atoms with Gasteiger partial charge in [-0.25, -0.2) is 4.98 Å². The van der Waals surface area contributed by atoms with Gasteiger partial charge in [-0.3, -0.25) is 4.79 Å². The number of rotatable bonds is 4. The molecule has 0 saturated heterocycles. The number of fused-ring (bicyclic) bond motifs is 1. The van der Waals surface area contributed by atoms with Gasteiger partial charge >= 0.3 is 0 Å². The fourth-order valence-electron chi connectivity index (χ4n) is 2.72. The summed E-state index contributed by atoms with van der Waals surface area (Å²) in [6, 6.07) is 13.1. The van der Waals surface area contributed by atoms with Crippen LogP contribution >= 0.6 is 15.9 Å². The smallest absolute Gasteiger partial charge is 0.282 e. The summed E-state index contributed by atoms with van der Waals surface area (Å²) in [5.41, 5.74) is 0.980. The van der Waals surface area contributed by atoms with Gasteiger partial charge in [0.05, 0.1) is 23.7 Å². The topological polar surface area (TPSA) is 56.5 Å². The fourth-order valence-corrected chi connectivity index (χ4v) is 3.08. The van der Waals surface area contributed by atoms with Crippen molar-refractivity contribution in [3.05, 3.63) is 68.7 Å². The van der Waals surface area contributed by atoms with Crippen LogP contribution < -0.4 is 10.3 Å². The number of benzene rings is 2. The Morgan fingerprint density at radius 3 is 2.70 bits per heavy atom. The quantitative estimate of drug-likeness (QED) is 0.565. The minimum atomic E-state index is -0.342. The van der Waals surface area contributed by atoms with Crippen molar-refractivity contribution in [3.63, 3.8) is 0 Å². The first-order valence-electron chi connectivity index (χ1n) is 8.79. The van der Waals surface area contributed by atoms with Crippen molar-refractivity contribution in [2.75, 3.05) is 6.61 Å². The van der Waals surface area contributed by atoms with E-state index >= 15 is 0 Å². The van der Waals surface area contributed by atoms with Crippen LogP contribution in [0, 0.1) is 0 Å². The van der Waals surface area contributed by atoms with Crippen LogP contribution in [-0.4, -0.2) is 22.5 Å². The zero-order valence-electron chi connectivity index (χ0n) is 15.9. The van der Waals surface area contributed by atoms with Crippen LogP contribution in [0.3, 0.4) is 0 Å². The van der Waals surface area contributed by atoms with Crippen LogP contribution in [0.1, 0.15) is 39.1 Å². The minimum absolute atomic E-state index is 0.191. The van der Waals surface area contributed by atoms with Gasteiger partial charge in [-0.15, -0.1) is 0 Å². The van der Waals surface area contributed by atoms with E-state index in [4.69, 9.17) is 9.72 Å². The summed E-state index contributed by atoms with van der Waals surface area (Å²) in [5.74, 6) is 1.38. The van der Waals surface area contributed by atoms with Gasteiger partial charge in [0.2, 0.25) is 0 Å². The van der Waals surface area contributed by atoms with Gasteiger partial charge in [0.15, 0.2) is 0 Å². The lowest BCUT2D eigenvalue weighted by atomic mass is 9.95. The molecule has 0 radical (unpaired) electrons. The first-order valence-corrected chi connectivity index (χ1v) is 9.59. The average molecular weight is 428 g/mol. The van der Waals surface area contributed by atoms with Crippen LogP contribution in [0.5, 0.6) is 5.75 Å². The molecule has 2 aromatic carbocycles. The Balaban J connectivity index is 2.16. The third-order valence-electron chi connectivity index (χ3n) is 3.97. The molecule has 0 amide bonds. The summed E-state index contributed by atoms with van der Waals surface area (Å²) in [5, 5.41) is 4.99. The highest BCUT2D eigenvalue weighted by atomic mass is 79.9. The number of ether oxygens (including phenoxy) is 1. The fraction of sp³-hybridized carbons (Fsp3) is 0.286. The molecule has 6 heteroatoms. The summed E-state index contributed by atoms with van der Waals surface area (Å²) in [6.07, 6.45) is 1.66. The molecule has 140 valence electrons. The maximum Gasteiger partial charge on any atom is 0.282 e. The van der Waals surface area contributed by atoms with Crippen molar-refractivity contribution < 1.29 is 4.74 Å². The summed E-state index contributed by atoms with van der Waals surface area (Å²) >= 11 is 3.42. The zero-order valence-corrected chi connectivity index (χ0v) is 17.4. The third-order valence-corrected chi connectivity index (χ3v) is 4.46. The molecule has 0 bridgehead atoms. The van der Waals surface area contributed by atoms with Gasteiger partial charge in [0.25, 0.3) is 5.56 Å². The van der Waals surface area contributed by atoms with Gasteiger partial charge < -0.3 is 4.74 Å². The van der Waals surface area contributed by atoms with E-state index in [1.165, 1.54) is 4.68 Å². The Morgan fingerprint density at radius 1 is 1.22 bits per heavy atom. The Bertz CT molecular complexity index is 1070. The largest absolute Gasteiger partial charge is 0.494 e. The molecule has 0 saturated carbocycles. The van der Waals surface area contributed by atoms with Crippen LogP contribution in [-0.2, 0) is 5.41 Å². The molecule has 5 nitrogen and oxygen atoms in total. The van der Waals surface area contributed by atoms with Gasteiger partial charge in [-0.1, -0.05) is 48.8 Å². The van der Waals surface area contributed by atoms with E-state index in [9.17, 15) is 4.79 Å².